The quantitative estimate of drug-likeness (QED) is 0.645. The van der Waals surface area contributed by atoms with Crippen molar-refractivity contribution in [3.05, 3.63) is 20.7 Å². The molecule has 0 amide bonds. The van der Waals surface area contributed by atoms with Crippen LogP contribution < -0.4 is 0 Å². The lowest BCUT2D eigenvalue weighted by Crippen LogP contribution is -2.42. The van der Waals surface area contributed by atoms with Gasteiger partial charge in [0.1, 0.15) is 4.84 Å². The summed E-state index contributed by atoms with van der Waals surface area (Å²) >= 11 is 34.7. The van der Waals surface area contributed by atoms with Gasteiger partial charge in [0, 0.05) is 0 Å². The van der Waals surface area contributed by atoms with Gasteiger partial charge in [-0.15, -0.1) is 34.8 Å². The molecule has 15 heavy (non-hydrogen) atoms. The molecule has 1 unspecified atom stereocenters. The number of carbonyl (C=O) groups is 1. The van der Waals surface area contributed by atoms with Gasteiger partial charge in [-0.3, -0.25) is 4.79 Å². The molecule has 0 N–H and O–H groups in total. The Balaban J connectivity index is 3.46. The summed E-state index contributed by atoms with van der Waals surface area (Å²) in [6.07, 6.45) is 0. The van der Waals surface area contributed by atoms with E-state index in [1.165, 1.54) is 0 Å². The Kier molecular flexibility index (Phi) is 4.31. The molecule has 0 fully saturated rings. The van der Waals surface area contributed by atoms with Crippen molar-refractivity contribution in [2.75, 3.05) is 0 Å². The van der Waals surface area contributed by atoms with Crippen LogP contribution in [0.5, 0.6) is 0 Å². The SMILES string of the molecule is CC1=C(Cl)C(=O)C(Cl)(C(Cl)Cl)C(Cl)=C1Cl. The standard InChI is InChI=1S/C8H4Cl6O/c1-2-3(9)5(11)8(14,7(12)13)6(15)4(2)10/h7H,1H3. The van der Waals surface area contributed by atoms with Crippen molar-refractivity contribution in [3.8, 4) is 0 Å². The van der Waals surface area contributed by atoms with Crippen molar-refractivity contribution in [1.29, 1.82) is 0 Å². The van der Waals surface area contributed by atoms with Gasteiger partial charge in [-0.25, -0.2) is 0 Å². The van der Waals surface area contributed by atoms with Crippen LogP contribution in [0.15, 0.2) is 20.7 Å². The third-order valence-electron chi connectivity index (χ3n) is 2.00. The maximum atomic E-state index is 11.8. The van der Waals surface area contributed by atoms with E-state index < -0.39 is 15.5 Å². The summed E-state index contributed by atoms with van der Waals surface area (Å²) in [4.78, 5) is 8.75. The number of halogens is 6. The van der Waals surface area contributed by atoms with E-state index in [0.29, 0.717) is 5.57 Å². The van der Waals surface area contributed by atoms with E-state index in [0.717, 1.165) is 0 Å². The molecule has 0 aromatic heterocycles. The average molecular weight is 329 g/mol. The third kappa shape index (κ3) is 2.03. The van der Waals surface area contributed by atoms with Gasteiger partial charge in [0.05, 0.1) is 15.1 Å². The smallest absolute Gasteiger partial charge is 0.203 e. The van der Waals surface area contributed by atoms with Gasteiger partial charge in [0.2, 0.25) is 5.78 Å². The lowest BCUT2D eigenvalue weighted by molar-refractivity contribution is -0.116. The number of rotatable bonds is 1. The molecule has 0 aromatic carbocycles. The molecule has 1 atom stereocenters. The topological polar surface area (TPSA) is 17.1 Å². The number of alkyl halides is 3. The largest absolute Gasteiger partial charge is 0.291 e. The second-order valence-electron chi connectivity index (χ2n) is 2.91. The van der Waals surface area contributed by atoms with Crippen LogP contribution >= 0.6 is 69.6 Å². The zero-order valence-electron chi connectivity index (χ0n) is 7.25. The van der Waals surface area contributed by atoms with Crippen molar-refractivity contribution in [3.63, 3.8) is 0 Å². The van der Waals surface area contributed by atoms with Gasteiger partial charge < -0.3 is 0 Å². The highest BCUT2D eigenvalue weighted by Gasteiger charge is 2.50. The van der Waals surface area contributed by atoms with E-state index in [-0.39, 0.29) is 15.1 Å². The minimum atomic E-state index is -1.79. The van der Waals surface area contributed by atoms with Gasteiger partial charge >= 0.3 is 0 Å². The van der Waals surface area contributed by atoms with E-state index in [4.69, 9.17) is 69.6 Å². The van der Waals surface area contributed by atoms with E-state index >= 15 is 0 Å². The molecule has 0 radical (unpaired) electrons. The highest BCUT2D eigenvalue weighted by atomic mass is 35.5. The first kappa shape index (κ1) is 14.0. The Bertz CT molecular complexity index is 383. The Morgan fingerprint density at radius 3 is 2.00 bits per heavy atom. The zero-order valence-corrected chi connectivity index (χ0v) is 11.8. The predicted octanol–water partition coefficient (Wildman–Crippen LogP) is 4.55. The molecule has 1 nitrogen and oxygen atoms in total. The van der Waals surface area contributed by atoms with Crippen molar-refractivity contribution in [2.45, 2.75) is 16.6 Å². The Labute approximate surface area is 117 Å². The zero-order chi connectivity index (χ0) is 12.0. The first-order valence-corrected chi connectivity index (χ1v) is 6.07. The third-order valence-corrected chi connectivity index (χ3v) is 5.07. The van der Waals surface area contributed by atoms with E-state index in [1.54, 1.807) is 6.92 Å². The lowest BCUT2D eigenvalue weighted by atomic mass is 9.95. The number of ketones is 1. The van der Waals surface area contributed by atoms with Crippen LogP contribution in [0.2, 0.25) is 0 Å². The Morgan fingerprint density at radius 1 is 1.13 bits per heavy atom. The van der Waals surface area contributed by atoms with Crippen LogP contribution in [0, 0.1) is 0 Å². The normalized spacial score (nSPS) is 28.1. The fourth-order valence-corrected chi connectivity index (χ4v) is 2.73. The molecule has 1 rings (SSSR count). The molecule has 7 heteroatoms. The number of allylic oxidation sites excluding steroid dienone is 4. The number of carbonyl (C=O) groups excluding carboxylic acids is 1. The van der Waals surface area contributed by atoms with Gasteiger partial charge in [-0.2, -0.15) is 0 Å². The average Bonchev–Trinajstić information content (AvgIpc) is 2.20. The predicted molar refractivity (Wildman–Crippen MR) is 66.4 cm³/mol. The highest BCUT2D eigenvalue weighted by Crippen LogP contribution is 2.48. The first-order chi connectivity index (χ1) is 6.74. The summed E-state index contributed by atoms with van der Waals surface area (Å²) in [5.74, 6) is -0.646. The molecule has 0 spiro atoms. The molecule has 84 valence electrons. The highest BCUT2D eigenvalue weighted by molar-refractivity contribution is 6.64. The first-order valence-electron chi connectivity index (χ1n) is 3.69. The summed E-state index contributed by atoms with van der Waals surface area (Å²) in [5, 5.41) is -0.110. The molecule has 0 saturated heterocycles. The Hall–Kier alpha value is 0.890. The van der Waals surface area contributed by atoms with E-state index in [9.17, 15) is 4.79 Å². The Morgan fingerprint density at radius 2 is 1.60 bits per heavy atom. The fourth-order valence-electron chi connectivity index (χ4n) is 1.05. The van der Waals surface area contributed by atoms with Crippen molar-refractivity contribution in [2.24, 2.45) is 0 Å². The molecule has 0 aromatic rings. The summed E-state index contributed by atoms with van der Waals surface area (Å²) < 4.78 is 0. The molecule has 1 aliphatic rings. The molecular formula is C8H4Cl6O. The van der Waals surface area contributed by atoms with Crippen LogP contribution in [0.4, 0.5) is 0 Å². The van der Waals surface area contributed by atoms with Crippen molar-refractivity contribution in [1.82, 2.24) is 0 Å². The second kappa shape index (κ2) is 4.64. The second-order valence-corrected chi connectivity index (χ2v) is 5.73. The van der Waals surface area contributed by atoms with Crippen molar-refractivity contribution < 1.29 is 4.79 Å². The van der Waals surface area contributed by atoms with Crippen LogP contribution in [-0.4, -0.2) is 15.5 Å². The monoisotopic (exact) mass is 326 g/mol. The van der Waals surface area contributed by atoms with Gasteiger partial charge in [0.25, 0.3) is 0 Å². The number of hydrogen-bond donors (Lipinski definition) is 0. The molecule has 0 bridgehead atoms. The fraction of sp³-hybridized carbons (Fsp3) is 0.375. The molecule has 0 saturated carbocycles. The van der Waals surface area contributed by atoms with Crippen LogP contribution in [0.25, 0.3) is 0 Å². The minimum Gasteiger partial charge on any atom is -0.291 e. The lowest BCUT2D eigenvalue weighted by Gasteiger charge is -2.30. The summed E-state index contributed by atoms with van der Waals surface area (Å²) in [6.45, 7) is 1.55. The maximum absolute atomic E-state index is 11.8. The van der Waals surface area contributed by atoms with Gasteiger partial charge in [-0.1, -0.05) is 34.8 Å². The van der Waals surface area contributed by atoms with E-state index in [2.05, 4.69) is 0 Å². The molecule has 1 aliphatic carbocycles. The summed E-state index contributed by atoms with van der Waals surface area (Å²) in [7, 11) is 0. The molecule has 0 aliphatic heterocycles. The molecular weight excluding hydrogens is 325 g/mol. The number of Topliss-reactive ketones (excluding diaryl/α,β-unsaturated/α-hetero) is 1. The van der Waals surface area contributed by atoms with Crippen molar-refractivity contribution >= 4 is 75.4 Å². The van der Waals surface area contributed by atoms with Gasteiger partial charge in [0.15, 0.2) is 4.87 Å². The number of hydrogen-bond acceptors (Lipinski definition) is 1. The van der Waals surface area contributed by atoms with Crippen LogP contribution in [0.3, 0.4) is 0 Å². The molecule has 0 heterocycles. The van der Waals surface area contributed by atoms with Crippen LogP contribution in [0.1, 0.15) is 6.92 Å². The summed E-state index contributed by atoms with van der Waals surface area (Å²) in [5.41, 5.74) is 0.360. The van der Waals surface area contributed by atoms with Gasteiger partial charge in [-0.05, 0) is 12.5 Å². The maximum Gasteiger partial charge on any atom is 0.203 e. The minimum absolute atomic E-state index is 0.0996. The summed E-state index contributed by atoms with van der Waals surface area (Å²) in [6, 6.07) is 0. The van der Waals surface area contributed by atoms with E-state index in [1.807, 2.05) is 0 Å². The van der Waals surface area contributed by atoms with Crippen LogP contribution in [-0.2, 0) is 4.79 Å².